The van der Waals surface area contributed by atoms with Crippen LogP contribution in [0.25, 0.3) is 0 Å². The Hall–Kier alpha value is -1.66. The number of carbonyl (C=O) groups excluding carboxylic acids is 2. The maximum Gasteiger partial charge on any atom is 0.178 e. The molecule has 0 aliphatic heterocycles. The summed E-state index contributed by atoms with van der Waals surface area (Å²) in [7, 11) is 0. The molecule has 0 radical (unpaired) electrons. The zero-order chi connectivity index (χ0) is 16.3. The van der Waals surface area contributed by atoms with Gasteiger partial charge >= 0.3 is 0 Å². The van der Waals surface area contributed by atoms with Gasteiger partial charge in [0.2, 0.25) is 0 Å². The van der Waals surface area contributed by atoms with Gasteiger partial charge in [-0.05, 0) is 48.5 Å². The Balaban J connectivity index is 2.15. The van der Waals surface area contributed by atoms with Crippen LogP contribution in [0.5, 0.6) is 11.5 Å². The summed E-state index contributed by atoms with van der Waals surface area (Å²) in [6.45, 7) is 0. The number of aromatic hydroxyl groups is 2. The van der Waals surface area contributed by atoms with Crippen LogP contribution in [0.2, 0.25) is 0 Å². The zero-order valence-electron chi connectivity index (χ0n) is 11.2. The van der Waals surface area contributed by atoms with E-state index in [9.17, 15) is 19.8 Å². The first kappa shape index (κ1) is 16.7. The molecule has 0 spiro atoms. The standard InChI is InChI=1S/C16H12Br2O4/c17-13(15(21)9-1-5-11(19)6-2-9)14(18)16(22)10-3-7-12(20)8-4-10/h1-8,13-14,19-20H/t13-,14-/m0/s1. The Morgan fingerprint density at radius 1 is 0.682 bits per heavy atom. The summed E-state index contributed by atoms with van der Waals surface area (Å²) in [4.78, 5) is 23.2. The number of halogens is 2. The predicted molar refractivity (Wildman–Crippen MR) is 90.3 cm³/mol. The normalized spacial score (nSPS) is 13.4. The second-order valence-electron chi connectivity index (χ2n) is 4.63. The van der Waals surface area contributed by atoms with Gasteiger partial charge in [-0.2, -0.15) is 0 Å². The molecule has 0 amide bonds. The molecule has 0 fully saturated rings. The Labute approximate surface area is 144 Å². The molecule has 22 heavy (non-hydrogen) atoms. The van der Waals surface area contributed by atoms with Crippen molar-refractivity contribution in [2.45, 2.75) is 9.65 Å². The first-order chi connectivity index (χ1) is 10.4. The molecule has 2 aromatic rings. The summed E-state index contributed by atoms with van der Waals surface area (Å²) < 4.78 is 0. The smallest absolute Gasteiger partial charge is 0.178 e. The molecule has 0 aromatic heterocycles. The Bertz CT molecular complexity index is 619. The van der Waals surface area contributed by atoms with Crippen LogP contribution in [-0.4, -0.2) is 31.4 Å². The predicted octanol–water partition coefficient (Wildman–Crippen LogP) is 3.69. The fraction of sp³-hybridized carbons (Fsp3) is 0.125. The summed E-state index contributed by atoms with van der Waals surface area (Å²) >= 11 is 6.49. The van der Waals surface area contributed by atoms with Crippen molar-refractivity contribution in [2.75, 3.05) is 0 Å². The second kappa shape index (κ2) is 7.07. The van der Waals surface area contributed by atoms with Crippen LogP contribution in [0.15, 0.2) is 48.5 Å². The van der Waals surface area contributed by atoms with E-state index in [1.54, 1.807) is 0 Å². The molecule has 0 saturated carbocycles. The highest BCUT2D eigenvalue weighted by Crippen LogP contribution is 2.24. The fourth-order valence-corrected chi connectivity index (χ4v) is 2.84. The molecule has 0 heterocycles. The topological polar surface area (TPSA) is 74.6 Å². The lowest BCUT2D eigenvalue weighted by molar-refractivity contribution is 0.0934. The van der Waals surface area contributed by atoms with Gasteiger partial charge in [0.1, 0.15) is 11.5 Å². The van der Waals surface area contributed by atoms with Crippen LogP contribution in [0.3, 0.4) is 0 Å². The number of hydrogen-bond donors (Lipinski definition) is 2. The first-order valence-corrected chi connectivity index (χ1v) is 8.18. The van der Waals surface area contributed by atoms with Crippen molar-refractivity contribution in [3.8, 4) is 11.5 Å². The van der Waals surface area contributed by atoms with Gasteiger partial charge in [-0.3, -0.25) is 9.59 Å². The van der Waals surface area contributed by atoms with Crippen LogP contribution in [-0.2, 0) is 0 Å². The largest absolute Gasteiger partial charge is 0.508 e. The number of phenols is 2. The molecule has 0 bridgehead atoms. The lowest BCUT2D eigenvalue weighted by atomic mass is 10.0. The maximum atomic E-state index is 12.3. The average Bonchev–Trinajstić information content (AvgIpc) is 2.53. The van der Waals surface area contributed by atoms with Crippen LogP contribution >= 0.6 is 31.9 Å². The van der Waals surface area contributed by atoms with E-state index in [1.165, 1.54) is 48.5 Å². The van der Waals surface area contributed by atoms with Gasteiger partial charge in [-0.15, -0.1) is 0 Å². The van der Waals surface area contributed by atoms with Gasteiger partial charge in [0.05, 0.1) is 9.65 Å². The summed E-state index contributed by atoms with van der Waals surface area (Å²) in [5.74, 6) is -0.403. The van der Waals surface area contributed by atoms with Crippen LogP contribution in [0.1, 0.15) is 20.7 Å². The van der Waals surface area contributed by atoms with Gasteiger partial charge in [-0.25, -0.2) is 0 Å². The van der Waals surface area contributed by atoms with Gasteiger partial charge in [0.25, 0.3) is 0 Å². The molecular weight excluding hydrogens is 416 g/mol. The van der Waals surface area contributed by atoms with Crippen molar-refractivity contribution in [3.05, 3.63) is 59.7 Å². The third-order valence-electron chi connectivity index (χ3n) is 3.06. The van der Waals surface area contributed by atoms with Crippen molar-refractivity contribution in [2.24, 2.45) is 0 Å². The quantitative estimate of drug-likeness (QED) is 0.563. The van der Waals surface area contributed by atoms with Gasteiger partial charge < -0.3 is 10.2 Å². The SMILES string of the molecule is O=C(c1ccc(O)cc1)[C@@H](Br)[C@H](Br)C(=O)c1ccc(O)cc1. The number of rotatable bonds is 5. The van der Waals surface area contributed by atoms with E-state index in [1.807, 2.05) is 0 Å². The Morgan fingerprint density at radius 2 is 0.955 bits per heavy atom. The molecule has 6 heteroatoms. The van der Waals surface area contributed by atoms with Gasteiger partial charge in [0, 0.05) is 11.1 Å². The third kappa shape index (κ3) is 3.75. The summed E-state index contributed by atoms with van der Waals surface area (Å²) in [6, 6.07) is 11.6. The molecule has 2 N–H and O–H groups in total. The number of ketones is 2. The molecule has 2 rings (SSSR count). The van der Waals surface area contributed by atoms with Crippen molar-refractivity contribution in [1.29, 1.82) is 0 Å². The molecular formula is C16H12Br2O4. The lowest BCUT2D eigenvalue weighted by Gasteiger charge is -2.15. The number of phenolic OH excluding ortho intramolecular Hbond substituents is 2. The second-order valence-corrected chi connectivity index (χ2v) is 6.60. The molecule has 4 nitrogen and oxygen atoms in total. The molecule has 0 saturated heterocycles. The van der Waals surface area contributed by atoms with Crippen molar-refractivity contribution in [3.63, 3.8) is 0 Å². The maximum absolute atomic E-state index is 12.3. The average molecular weight is 428 g/mol. The molecule has 0 aliphatic carbocycles. The summed E-state index contributed by atoms with van der Waals surface area (Å²) in [5.41, 5.74) is 0.783. The highest BCUT2D eigenvalue weighted by molar-refractivity contribution is 9.12. The third-order valence-corrected chi connectivity index (χ3v) is 5.66. The van der Waals surface area contributed by atoms with E-state index in [0.717, 1.165) is 0 Å². The fourth-order valence-electron chi connectivity index (χ4n) is 1.84. The number of benzene rings is 2. The highest BCUT2D eigenvalue weighted by Gasteiger charge is 2.30. The Kier molecular flexibility index (Phi) is 5.37. The van der Waals surface area contributed by atoms with Crippen molar-refractivity contribution >= 4 is 43.4 Å². The summed E-state index contributed by atoms with van der Waals surface area (Å²) in [6.07, 6.45) is 0. The zero-order valence-corrected chi connectivity index (χ0v) is 14.4. The highest BCUT2D eigenvalue weighted by atomic mass is 79.9. The monoisotopic (exact) mass is 426 g/mol. The van der Waals surface area contributed by atoms with Crippen LogP contribution < -0.4 is 0 Å². The number of carbonyl (C=O) groups is 2. The first-order valence-electron chi connectivity index (χ1n) is 6.35. The van der Waals surface area contributed by atoms with Crippen molar-refractivity contribution < 1.29 is 19.8 Å². The van der Waals surface area contributed by atoms with E-state index in [2.05, 4.69) is 31.9 Å². The molecule has 2 atom stereocenters. The number of Topliss-reactive ketones (excluding diaryl/α,β-unsaturated/α-hetero) is 2. The van der Waals surface area contributed by atoms with E-state index < -0.39 is 9.65 Å². The van der Waals surface area contributed by atoms with E-state index in [4.69, 9.17) is 0 Å². The van der Waals surface area contributed by atoms with Crippen LogP contribution in [0.4, 0.5) is 0 Å². The van der Waals surface area contributed by atoms with Crippen LogP contribution in [0, 0.1) is 0 Å². The van der Waals surface area contributed by atoms with Gasteiger partial charge in [-0.1, -0.05) is 31.9 Å². The number of hydrogen-bond acceptors (Lipinski definition) is 4. The lowest BCUT2D eigenvalue weighted by Crippen LogP contribution is -2.31. The molecule has 0 unspecified atom stereocenters. The number of alkyl halides is 2. The molecule has 114 valence electrons. The van der Waals surface area contributed by atoms with E-state index >= 15 is 0 Å². The van der Waals surface area contributed by atoms with E-state index in [0.29, 0.717) is 11.1 Å². The Morgan fingerprint density at radius 3 is 1.23 bits per heavy atom. The molecule has 0 aliphatic rings. The van der Waals surface area contributed by atoms with Gasteiger partial charge in [0.15, 0.2) is 11.6 Å². The van der Waals surface area contributed by atoms with Crippen molar-refractivity contribution in [1.82, 2.24) is 0 Å². The van der Waals surface area contributed by atoms with E-state index in [-0.39, 0.29) is 23.1 Å². The molecule has 2 aromatic carbocycles. The summed E-state index contributed by atoms with van der Waals surface area (Å²) in [5, 5.41) is 18.5. The minimum atomic E-state index is -0.752. The minimum Gasteiger partial charge on any atom is -0.508 e. The minimum absolute atomic E-state index is 0.0678.